The van der Waals surface area contributed by atoms with Crippen molar-refractivity contribution in [3.05, 3.63) is 56.3 Å². The summed E-state index contributed by atoms with van der Waals surface area (Å²) in [6.07, 6.45) is 4.59. The van der Waals surface area contributed by atoms with Crippen molar-refractivity contribution in [3.63, 3.8) is 0 Å². The number of carboxylic acids is 1. The van der Waals surface area contributed by atoms with Crippen molar-refractivity contribution in [2.24, 2.45) is 0 Å². The Morgan fingerprint density at radius 1 is 1.10 bits per heavy atom. The largest absolute Gasteiger partial charge is 0.481 e. The van der Waals surface area contributed by atoms with Crippen molar-refractivity contribution >= 4 is 40.8 Å². The maximum atomic E-state index is 13.0. The maximum Gasteiger partial charge on any atom is 0.311 e. The fourth-order valence-corrected chi connectivity index (χ4v) is 4.66. The predicted octanol–water partition coefficient (Wildman–Crippen LogP) is 3.99. The van der Waals surface area contributed by atoms with Crippen LogP contribution in [0.4, 0.5) is 5.69 Å². The lowest BCUT2D eigenvalue weighted by Gasteiger charge is -2.32. The molecule has 158 valence electrons. The molecule has 1 aliphatic heterocycles. The Morgan fingerprint density at radius 3 is 2.57 bits per heavy atom. The van der Waals surface area contributed by atoms with Crippen molar-refractivity contribution in [2.45, 2.75) is 51.0 Å². The third-order valence-electron chi connectivity index (χ3n) is 6.05. The normalized spacial score (nSPS) is 16.5. The molecule has 0 bridgehead atoms. The number of carbonyl (C=O) groups is 2. The molecule has 1 aliphatic carbocycles. The monoisotopic (exact) mass is 447 g/mol. The molecule has 2 heterocycles. The minimum atomic E-state index is -1.07. The molecular weight excluding hydrogens is 425 g/mol. The molecule has 8 heteroatoms. The van der Waals surface area contributed by atoms with Crippen LogP contribution < -0.4 is 5.73 Å². The second kappa shape index (κ2) is 8.44. The average Bonchev–Trinajstić information content (AvgIpc) is 2.73. The van der Waals surface area contributed by atoms with Gasteiger partial charge in [-0.3, -0.25) is 14.6 Å². The maximum absolute atomic E-state index is 13.0. The zero-order chi connectivity index (χ0) is 21.4. The number of rotatable bonds is 4. The van der Waals surface area contributed by atoms with Gasteiger partial charge in [-0.15, -0.1) is 0 Å². The van der Waals surface area contributed by atoms with E-state index in [1.165, 1.54) is 6.07 Å². The molecule has 1 amide bonds. The van der Waals surface area contributed by atoms with E-state index in [1.807, 2.05) is 0 Å². The fraction of sp³-hybridized carbons (Fsp3) is 0.409. The first-order chi connectivity index (χ1) is 14.3. The molecule has 0 spiro atoms. The second-order valence-corrected chi connectivity index (χ2v) is 8.73. The smallest absolute Gasteiger partial charge is 0.311 e. The lowest BCUT2D eigenvalue weighted by atomic mass is 9.90. The predicted molar refractivity (Wildman–Crippen MR) is 116 cm³/mol. The number of hydrogen-bond acceptors (Lipinski definition) is 4. The number of halogens is 2. The number of aryl methyl sites for hydroxylation is 1. The first kappa shape index (κ1) is 20.9. The number of aliphatic carboxylic acids is 1. The zero-order valence-electron chi connectivity index (χ0n) is 16.5. The Kier molecular flexibility index (Phi) is 5.89. The van der Waals surface area contributed by atoms with E-state index < -0.39 is 11.9 Å². The highest BCUT2D eigenvalue weighted by Crippen LogP contribution is 2.33. The van der Waals surface area contributed by atoms with E-state index in [2.05, 4.69) is 0 Å². The third kappa shape index (κ3) is 3.98. The highest BCUT2D eigenvalue weighted by molar-refractivity contribution is 6.42. The molecule has 1 unspecified atom stereocenters. The number of anilines is 1. The number of aromatic nitrogens is 1. The first-order valence-electron chi connectivity index (χ1n) is 10.1. The quantitative estimate of drug-likeness (QED) is 0.738. The molecule has 2 aliphatic rings. The van der Waals surface area contributed by atoms with Crippen LogP contribution in [-0.2, 0) is 35.4 Å². The summed E-state index contributed by atoms with van der Waals surface area (Å²) in [6.45, 7) is 0.874. The van der Waals surface area contributed by atoms with Crippen LogP contribution in [-0.4, -0.2) is 33.4 Å². The molecule has 0 saturated heterocycles. The SMILES string of the molecule is Nc1c2c(nc3c1CN(C(=O)CC(C(=O)O)c1ccc(Cl)c(Cl)c1)CC3)CCCC2. The summed E-state index contributed by atoms with van der Waals surface area (Å²) < 4.78 is 0. The van der Waals surface area contributed by atoms with Crippen LogP contribution in [0.1, 0.15) is 53.3 Å². The zero-order valence-corrected chi connectivity index (χ0v) is 18.0. The van der Waals surface area contributed by atoms with E-state index >= 15 is 0 Å². The van der Waals surface area contributed by atoms with Crippen molar-refractivity contribution in [1.82, 2.24) is 9.88 Å². The summed E-state index contributed by atoms with van der Waals surface area (Å²) in [6, 6.07) is 4.65. The number of benzene rings is 1. The van der Waals surface area contributed by atoms with Crippen LogP contribution in [0.25, 0.3) is 0 Å². The molecule has 3 N–H and O–H groups in total. The Hall–Kier alpha value is -2.31. The Balaban J connectivity index is 1.54. The van der Waals surface area contributed by atoms with Gasteiger partial charge in [-0.1, -0.05) is 29.3 Å². The van der Waals surface area contributed by atoms with E-state index in [1.54, 1.807) is 17.0 Å². The van der Waals surface area contributed by atoms with Gasteiger partial charge in [0.2, 0.25) is 5.91 Å². The summed E-state index contributed by atoms with van der Waals surface area (Å²) >= 11 is 12.0. The molecular formula is C22H23Cl2N3O3. The summed E-state index contributed by atoms with van der Waals surface area (Å²) in [7, 11) is 0. The van der Waals surface area contributed by atoms with E-state index in [0.717, 1.165) is 53.9 Å². The van der Waals surface area contributed by atoms with Gasteiger partial charge in [0, 0.05) is 48.6 Å². The second-order valence-electron chi connectivity index (χ2n) is 7.92. The average molecular weight is 448 g/mol. The summed E-state index contributed by atoms with van der Waals surface area (Å²) in [4.78, 5) is 31.3. The number of nitrogen functional groups attached to an aromatic ring is 1. The van der Waals surface area contributed by atoms with Gasteiger partial charge in [0.25, 0.3) is 0 Å². The number of pyridine rings is 1. The van der Waals surface area contributed by atoms with Crippen LogP contribution >= 0.6 is 23.2 Å². The lowest BCUT2D eigenvalue weighted by Crippen LogP contribution is -2.38. The number of fused-ring (bicyclic) bond motifs is 2. The van der Waals surface area contributed by atoms with Crippen LogP contribution in [0, 0.1) is 0 Å². The van der Waals surface area contributed by atoms with Crippen molar-refractivity contribution in [1.29, 1.82) is 0 Å². The van der Waals surface area contributed by atoms with Gasteiger partial charge in [0.15, 0.2) is 0 Å². The standard InChI is InChI=1S/C22H23Cl2N3O3/c23-16-6-5-12(9-17(16)24)14(22(29)30)10-20(28)27-8-7-19-15(11-27)21(25)13-3-1-2-4-18(13)26-19/h5-6,9,14H,1-4,7-8,10-11H2,(H2,25,26)(H,29,30). The Labute approximate surface area is 185 Å². The van der Waals surface area contributed by atoms with Gasteiger partial charge in [-0.2, -0.15) is 0 Å². The van der Waals surface area contributed by atoms with Crippen LogP contribution in [0.3, 0.4) is 0 Å². The summed E-state index contributed by atoms with van der Waals surface area (Å²) in [5.41, 5.74) is 11.8. The van der Waals surface area contributed by atoms with E-state index in [-0.39, 0.29) is 17.4 Å². The highest BCUT2D eigenvalue weighted by Gasteiger charge is 2.30. The molecule has 1 aromatic carbocycles. The topological polar surface area (TPSA) is 96.5 Å². The molecule has 0 saturated carbocycles. The van der Waals surface area contributed by atoms with E-state index in [0.29, 0.717) is 30.1 Å². The first-order valence-corrected chi connectivity index (χ1v) is 10.8. The lowest BCUT2D eigenvalue weighted by molar-refractivity contribution is -0.143. The molecule has 30 heavy (non-hydrogen) atoms. The molecule has 0 fully saturated rings. The Bertz CT molecular complexity index is 1030. The molecule has 1 aromatic heterocycles. The van der Waals surface area contributed by atoms with Gasteiger partial charge in [0.05, 0.1) is 16.0 Å². The van der Waals surface area contributed by atoms with Crippen LogP contribution in [0.15, 0.2) is 18.2 Å². The van der Waals surface area contributed by atoms with Crippen molar-refractivity contribution < 1.29 is 14.7 Å². The molecule has 6 nitrogen and oxygen atoms in total. The number of hydrogen-bond donors (Lipinski definition) is 2. The number of carboxylic acid groups (broad SMARTS) is 1. The number of nitrogens with zero attached hydrogens (tertiary/aromatic N) is 2. The fourth-order valence-electron chi connectivity index (χ4n) is 4.36. The van der Waals surface area contributed by atoms with Crippen molar-refractivity contribution in [2.75, 3.05) is 12.3 Å². The van der Waals surface area contributed by atoms with Gasteiger partial charge in [-0.25, -0.2) is 0 Å². The summed E-state index contributed by atoms with van der Waals surface area (Å²) in [5.74, 6) is -2.29. The highest BCUT2D eigenvalue weighted by atomic mass is 35.5. The number of carbonyl (C=O) groups excluding carboxylic acids is 1. The van der Waals surface area contributed by atoms with Gasteiger partial charge >= 0.3 is 5.97 Å². The number of amides is 1. The van der Waals surface area contributed by atoms with Gasteiger partial charge in [-0.05, 0) is 48.9 Å². The van der Waals surface area contributed by atoms with Gasteiger partial charge in [0.1, 0.15) is 0 Å². The molecule has 1 atom stereocenters. The van der Waals surface area contributed by atoms with Crippen LogP contribution in [0.5, 0.6) is 0 Å². The van der Waals surface area contributed by atoms with Crippen LogP contribution in [0.2, 0.25) is 10.0 Å². The van der Waals surface area contributed by atoms with E-state index in [9.17, 15) is 14.7 Å². The Morgan fingerprint density at radius 2 is 1.83 bits per heavy atom. The number of nitrogens with two attached hydrogens (primary N) is 1. The van der Waals surface area contributed by atoms with Crippen molar-refractivity contribution in [3.8, 4) is 0 Å². The molecule has 2 aromatic rings. The molecule has 0 radical (unpaired) electrons. The minimum absolute atomic E-state index is 0.152. The summed E-state index contributed by atoms with van der Waals surface area (Å²) in [5, 5.41) is 10.3. The minimum Gasteiger partial charge on any atom is -0.481 e. The third-order valence-corrected chi connectivity index (χ3v) is 6.79. The molecule has 4 rings (SSSR count). The van der Waals surface area contributed by atoms with E-state index in [4.69, 9.17) is 33.9 Å². The van der Waals surface area contributed by atoms with Gasteiger partial charge < -0.3 is 15.7 Å².